The molecule has 0 saturated carbocycles. The Morgan fingerprint density at radius 2 is 1.21 bits per heavy atom. The van der Waals surface area contributed by atoms with E-state index in [1.807, 2.05) is 37.7 Å². The number of hydrogen-bond acceptors (Lipinski definition) is 9. The van der Waals surface area contributed by atoms with Crippen molar-refractivity contribution < 1.29 is 9.59 Å². The molecule has 0 spiro atoms. The van der Waals surface area contributed by atoms with E-state index in [0.717, 1.165) is 0 Å². The number of rotatable bonds is 8. The first-order chi connectivity index (χ1) is 15.7. The maximum Gasteiger partial charge on any atom is 0.240 e. The molecule has 176 valence electrons. The van der Waals surface area contributed by atoms with Crippen molar-refractivity contribution >= 4 is 76.8 Å². The van der Waals surface area contributed by atoms with E-state index in [1.54, 1.807) is 0 Å². The summed E-state index contributed by atoms with van der Waals surface area (Å²) in [6.07, 6.45) is 0. The molecule has 12 heteroatoms. The molecule has 0 fully saturated rings. The number of benzene rings is 1. The van der Waals surface area contributed by atoms with E-state index in [0.29, 0.717) is 67.5 Å². The van der Waals surface area contributed by atoms with Crippen LogP contribution in [0.4, 0.5) is 10.3 Å². The fourth-order valence-corrected chi connectivity index (χ4v) is 6.41. The van der Waals surface area contributed by atoms with E-state index < -0.39 is 0 Å². The van der Waals surface area contributed by atoms with E-state index >= 15 is 0 Å². The molecule has 2 aromatic heterocycles. The molecule has 2 heterocycles. The van der Waals surface area contributed by atoms with Crippen LogP contribution >= 0.6 is 34.3 Å². The van der Waals surface area contributed by atoms with Gasteiger partial charge in [-0.25, -0.2) is 30.0 Å². The van der Waals surface area contributed by atoms with Crippen molar-refractivity contribution in [2.75, 3.05) is 36.2 Å². The topological polar surface area (TPSA) is 96.7 Å². The highest BCUT2D eigenvalue weighted by Crippen LogP contribution is 2.44. The van der Waals surface area contributed by atoms with Crippen molar-refractivity contribution in [1.29, 1.82) is 5.26 Å². The Bertz CT molecular complexity index is 1160. The molecule has 1 aromatic carbocycles. The average Bonchev–Trinajstić information content (AvgIpc) is 3.40. The van der Waals surface area contributed by atoms with Gasteiger partial charge in [0.15, 0.2) is 0 Å². The van der Waals surface area contributed by atoms with Gasteiger partial charge in [-0.05, 0) is 0 Å². The number of nitrogens with zero attached hydrogens (tertiary/aromatic N) is 7. The van der Waals surface area contributed by atoms with Crippen LogP contribution in [0.5, 0.6) is 0 Å². The Hall–Kier alpha value is -2.36. The molecule has 2 amide bonds. The summed E-state index contributed by atoms with van der Waals surface area (Å²) in [7, 11) is 0. The standard InChI is InChI=1S/C21H26ClN7O2S2/c1-7-26(8-2)28(12(5)30)20-24-16-15(22)17-19(14(11-23)18(16)32-20)33-21(25-17)29(13(6)31)27(9-3)10-4/h7-10H2,1-6H3. The van der Waals surface area contributed by atoms with Crippen LogP contribution in [0.1, 0.15) is 47.1 Å². The van der Waals surface area contributed by atoms with Gasteiger partial charge in [-0.2, -0.15) is 5.26 Å². The minimum Gasteiger partial charge on any atom is -0.273 e. The summed E-state index contributed by atoms with van der Waals surface area (Å²) in [5.74, 6) is -0.350. The van der Waals surface area contributed by atoms with Crippen LogP contribution in [-0.4, -0.2) is 58.0 Å². The fourth-order valence-electron chi connectivity index (χ4n) is 3.67. The molecule has 33 heavy (non-hydrogen) atoms. The summed E-state index contributed by atoms with van der Waals surface area (Å²) in [6, 6.07) is 2.27. The number of nitriles is 1. The zero-order valence-corrected chi connectivity index (χ0v) is 21.9. The maximum absolute atomic E-state index is 12.4. The van der Waals surface area contributed by atoms with E-state index in [2.05, 4.69) is 16.0 Å². The predicted octanol–water partition coefficient (Wildman–Crippen LogP) is 4.65. The highest BCUT2D eigenvalue weighted by molar-refractivity contribution is 7.25. The third kappa shape index (κ3) is 4.41. The van der Waals surface area contributed by atoms with Gasteiger partial charge >= 0.3 is 0 Å². The second-order valence-electron chi connectivity index (χ2n) is 7.09. The van der Waals surface area contributed by atoms with Crippen molar-refractivity contribution in [2.24, 2.45) is 0 Å². The predicted molar refractivity (Wildman–Crippen MR) is 135 cm³/mol. The number of aromatic nitrogens is 2. The highest BCUT2D eigenvalue weighted by Gasteiger charge is 2.28. The van der Waals surface area contributed by atoms with Gasteiger partial charge in [0.05, 0.1) is 20.0 Å². The number of hydrazine groups is 2. The molecule has 0 bridgehead atoms. The largest absolute Gasteiger partial charge is 0.273 e. The Labute approximate surface area is 205 Å². The summed E-state index contributed by atoms with van der Waals surface area (Å²) in [5, 5.41) is 18.0. The van der Waals surface area contributed by atoms with Crippen molar-refractivity contribution in [3.8, 4) is 6.07 Å². The van der Waals surface area contributed by atoms with Crippen LogP contribution in [-0.2, 0) is 9.59 Å². The van der Waals surface area contributed by atoms with Crippen molar-refractivity contribution in [3.05, 3.63) is 10.6 Å². The number of halogens is 1. The number of amides is 2. The summed E-state index contributed by atoms with van der Waals surface area (Å²) >= 11 is 9.23. The molecular formula is C21H26ClN7O2S2. The van der Waals surface area contributed by atoms with Crippen molar-refractivity contribution in [3.63, 3.8) is 0 Å². The SMILES string of the molecule is CCN(CC)N(C(C)=O)c1nc2c(Cl)c3nc(N(C(C)=O)N(CC)CC)sc3c(C#N)c2s1. The lowest BCUT2D eigenvalue weighted by molar-refractivity contribution is -0.120. The number of anilines is 2. The molecule has 9 nitrogen and oxygen atoms in total. The zero-order valence-electron chi connectivity index (χ0n) is 19.5. The molecule has 0 unspecified atom stereocenters. The van der Waals surface area contributed by atoms with Gasteiger partial charge in [-0.1, -0.05) is 62.0 Å². The van der Waals surface area contributed by atoms with Crippen LogP contribution < -0.4 is 10.0 Å². The number of carbonyl (C=O) groups is 2. The third-order valence-corrected chi connectivity index (χ3v) is 7.65. The Morgan fingerprint density at radius 1 is 0.848 bits per heavy atom. The van der Waals surface area contributed by atoms with Gasteiger partial charge in [0.1, 0.15) is 17.1 Å². The zero-order chi connectivity index (χ0) is 24.4. The second-order valence-corrected chi connectivity index (χ2v) is 9.42. The normalized spacial score (nSPS) is 11.5. The molecule has 0 aliphatic carbocycles. The lowest BCUT2D eigenvalue weighted by atomic mass is 10.2. The maximum atomic E-state index is 12.4. The quantitative estimate of drug-likeness (QED) is 0.409. The molecule has 0 N–H and O–H groups in total. The van der Waals surface area contributed by atoms with Crippen LogP contribution in [0, 0.1) is 11.3 Å². The average molecular weight is 508 g/mol. The molecule has 0 saturated heterocycles. The molecule has 3 aromatic rings. The van der Waals surface area contributed by atoms with Gasteiger partial charge in [0.2, 0.25) is 22.1 Å². The molecule has 0 aliphatic heterocycles. The fraction of sp³-hybridized carbons (Fsp3) is 0.476. The minimum atomic E-state index is -0.175. The molecule has 0 aliphatic rings. The van der Waals surface area contributed by atoms with Crippen LogP contribution in [0.15, 0.2) is 0 Å². The van der Waals surface area contributed by atoms with Crippen LogP contribution in [0.3, 0.4) is 0 Å². The van der Waals surface area contributed by atoms with Gasteiger partial charge in [-0.15, -0.1) is 0 Å². The van der Waals surface area contributed by atoms with Gasteiger partial charge in [-0.3, -0.25) is 9.59 Å². The Morgan fingerprint density at radius 3 is 1.48 bits per heavy atom. The van der Waals surface area contributed by atoms with Crippen LogP contribution in [0.25, 0.3) is 20.4 Å². The third-order valence-electron chi connectivity index (χ3n) is 5.20. The monoisotopic (exact) mass is 507 g/mol. The number of thiazole rings is 2. The lowest BCUT2D eigenvalue weighted by Gasteiger charge is -2.30. The van der Waals surface area contributed by atoms with Crippen LogP contribution in [0.2, 0.25) is 5.02 Å². The minimum absolute atomic E-state index is 0.175. The smallest absolute Gasteiger partial charge is 0.240 e. The van der Waals surface area contributed by atoms with E-state index in [1.165, 1.54) is 46.5 Å². The number of fused-ring (bicyclic) bond motifs is 2. The Balaban J connectivity index is 2.27. The van der Waals surface area contributed by atoms with Gasteiger partial charge in [0.25, 0.3) is 0 Å². The van der Waals surface area contributed by atoms with Gasteiger partial charge in [0, 0.05) is 40.0 Å². The number of hydrogen-bond donors (Lipinski definition) is 0. The highest BCUT2D eigenvalue weighted by atomic mass is 35.5. The molecule has 0 radical (unpaired) electrons. The summed E-state index contributed by atoms with van der Waals surface area (Å²) in [4.78, 5) is 34.1. The Kier molecular flexibility index (Phi) is 7.87. The number of carbonyl (C=O) groups excluding carboxylic acids is 2. The first-order valence-electron chi connectivity index (χ1n) is 10.7. The molecular weight excluding hydrogens is 482 g/mol. The van der Waals surface area contributed by atoms with E-state index in [4.69, 9.17) is 11.6 Å². The molecule has 3 rings (SSSR count). The van der Waals surface area contributed by atoms with Crippen molar-refractivity contribution in [1.82, 2.24) is 20.0 Å². The first kappa shape index (κ1) is 25.3. The molecule has 0 atom stereocenters. The van der Waals surface area contributed by atoms with E-state index in [9.17, 15) is 14.9 Å². The van der Waals surface area contributed by atoms with Gasteiger partial charge < -0.3 is 0 Å². The summed E-state index contributed by atoms with van der Waals surface area (Å²) in [6.45, 7) is 13.3. The first-order valence-corrected chi connectivity index (χ1v) is 12.7. The lowest BCUT2D eigenvalue weighted by Crippen LogP contribution is -2.45. The van der Waals surface area contributed by atoms with E-state index in [-0.39, 0.29) is 11.8 Å². The summed E-state index contributed by atoms with van der Waals surface area (Å²) in [5.41, 5.74) is 1.24. The summed E-state index contributed by atoms with van der Waals surface area (Å²) < 4.78 is 1.19. The second kappa shape index (κ2) is 10.3. The van der Waals surface area contributed by atoms with Crippen molar-refractivity contribution in [2.45, 2.75) is 41.5 Å².